The van der Waals surface area contributed by atoms with Crippen LogP contribution in [0.25, 0.3) is 32.7 Å². The molecule has 3 fully saturated rings. The smallest absolute Gasteiger partial charge is 0.131 e. The van der Waals surface area contributed by atoms with Gasteiger partial charge in [-0.05, 0) is 47.9 Å². The Morgan fingerprint density at radius 3 is 2.42 bits per heavy atom. The second-order valence-corrected chi connectivity index (χ2v) is 11.4. The maximum Gasteiger partial charge on any atom is 0.131 e. The molecule has 40 heavy (non-hydrogen) atoms. The molecule has 2 bridgehead atoms. The predicted octanol–water partition coefficient (Wildman–Crippen LogP) is 3.59. The molecule has 3 saturated heterocycles. The molecule has 5 unspecified atom stereocenters. The van der Waals surface area contributed by atoms with Gasteiger partial charge in [0.15, 0.2) is 0 Å². The van der Waals surface area contributed by atoms with Gasteiger partial charge in [-0.25, -0.2) is 4.98 Å². The fourth-order valence-corrected chi connectivity index (χ4v) is 7.53. The molecule has 0 saturated carbocycles. The number of pyridine rings is 2. The number of aliphatic hydroxyl groups is 1. The van der Waals surface area contributed by atoms with E-state index in [9.17, 15) is 5.11 Å². The molecule has 0 amide bonds. The molecule has 2 aromatic heterocycles. The van der Waals surface area contributed by atoms with E-state index >= 15 is 0 Å². The number of rotatable bonds is 6. The van der Waals surface area contributed by atoms with Crippen LogP contribution in [0.2, 0.25) is 0 Å². The van der Waals surface area contributed by atoms with Gasteiger partial charge in [0.25, 0.3) is 0 Å². The summed E-state index contributed by atoms with van der Waals surface area (Å²) in [6.07, 6.45) is 5.51. The Bertz CT molecular complexity index is 1670. The number of ether oxygens (including phenoxy) is 1. The van der Waals surface area contributed by atoms with E-state index in [2.05, 4.69) is 66.2 Å². The van der Waals surface area contributed by atoms with Crippen molar-refractivity contribution in [1.82, 2.24) is 9.97 Å². The predicted molar refractivity (Wildman–Crippen MR) is 156 cm³/mol. The minimum Gasteiger partial charge on any atom is -1.00 e. The van der Waals surface area contributed by atoms with Crippen LogP contribution < -0.4 is 21.7 Å². The summed E-state index contributed by atoms with van der Waals surface area (Å²) in [4.78, 5) is 9.56. The molecule has 204 valence electrons. The lowest BCUT2D eigenvalue weighted by Gasteiger charge is -2.58. The molecule has 3 aromatic carbocycles. The second kappa shape index (κ2) is 10.6. The summed E-state index contributed by atoms with van der Waals surface area (Å²) in [5, 5.41) is 15.6. The van der Waals surface area contributed by atoms with Crippen molar-refractivity contribution in [3.63, 3.8) is 0 Å². The van der Waals surface area contributed by atoms with Crippen molar-refractivity contribution in [2.45, 2.75) is 31.5 Å². The number of fused-ring (bicyclic) bond motifs is 6. The first-order valence-corrected chi connectivity index (χ1v) is 14.0. The summed E-state index contributed by atoms with van der Waals surface area (Å²) >= 11 is 0. The zero-order valence-electron chi connectivity index (χ0n) is 22.7. The molecule has 3 aliphatic rings. The van der Waals surface area contributed by atoms with E-state index < -0.39 is 6.10 Å². The second-order valence-electron chi connectivity index (χ2n) is 11.4. The monoisotopic (exact) mass is 595 g/mol. The van der Waals surface area contributed by atoms with Crippen LogP contribution in [0, 0.1) is 11.8 Å². The normalized spacial score (nSPS) is 24.6. The molecular weight excluding hydrogens is 562 g/mol. The number of benzene rings is 3. The van der Waals surface area contributed by atoms with Gasteiger partial charge < -0.3 is 31.3 Å². The zero-order chi connectivity index (χ0) is 26.6. The number of nitrogens with zero attached hydrogens (tertiary/aromatic N) is 3. The van der Waals surface area contributed by atoms with E-state index in [1.165, 1.54) is 16.3 Å². The minimum atomic E-state index is -0.615. The van der Waals surface area contributed by atoms with Crippen LogP contribution >= 0.6 is 0 Å². The summed E-state index contributed by atoms with van der Waals surface area (Å²) in [6.45, 7) is 7.12. The number of quaternary nitrogens is 1. The van der Waals surface area contributed by atoms with Crippen LogP contribution in [-0.4, -0.2) is 45.8 Å². The molecule has 5 nitrogen and oxygen atoms in total. The van der Waals surface area contributed by atoms with E-state index in [1.54, 1.807) is 7.11 Å². The van der Waals surface area contributed by atoms with Crippen molar-refractivity contribution in [3.05, 3.63) is 103 Å². The molecule has 3 aliphatic heterocycles. The van der Waals surface area contributed by atoms with Crippen molar-refractivity contribution in [1.29, 1.82) is 0 Å². The highest BCUT2D eigenvalue weighted by molar-refractivity contribution is 5.97. The molecule has 0 aliphatic carbocycles. The van der Waals surface area contributed by atoms with Crippen molar-refractivity contribution in [2.75, 3.05) is 20.2 Å². The first-order chi connectivity index (χ1) is 19.1. The van der Waals surface area contributed by atoms with Gasteiger partial charge >= 0.3 is 0 Å². The number of piperidine rings is 3. The SMILES string of the molecule is C=CC1C[N+]2(Cc3c4ccccc4nc4ccccc34)CCC1CC2C(O)c1ccnc2ccc(OC)cc12.[Br-]. The quantitative estimate of drug-likeness (QED) is 0.185. The van der Waals surface area contributed by atoms with Gasteiger partial charge in [0.05, 0.1) is 36.7 Å². The first-order valence-electron chi connectivity index (χ1n) is 14.0. The Labute approximate surface area is 245 Å². The first kappa shape index (κ1) is 26.9. The van der Waals surface area contributed by atoms with Crippen molar-refractivity contribution in [3.8, 4) is 5.75 Å². The molecule has 8 rings (SSSR count). The number of halogens is 1. The molecular formula is C34H34BrN3O2. The number of hydrogen-bond acceptors (Lipinski definition) is 4. The Morgan fingerprint density at radius 1 is 1.00 bits per heavy atom. The number of para-hydroxylation sites is 2. The lowest BCUT2D eigenvalue weighted by atomic mass is 9.71. The number of aromatic nitrogens is 2. The molecule has 5 atom stereocenters. The lowest BCUT2D eigenvalue weighted by molar-refractivity contribution is -0.984. The average molecular weight is 597 g/mol. The Morgan fingerprint density at radius 2 is 1.73 bits per heavy atom. The van der Waals surface area contributed by atoms with Gasteiger partial charge in [-0.15, -0.1) is 6.58 Å². The van der Waals surface area contributed by atoms with Crippen LogP contribution in [0.5, 0.6) is 5.75 Å². The number of methoxy groups -OCH3 is 1. The highest BCUT2D eigenvalue weighted by Gasteiger charge is 2.54. The van der Waals surface area contributed by atoms with Gasteiger partial charge in [-0.2, -0.15) is 0 Å². The topological polar surface area (TPSA) is 55.2 Å². The van der Waals surface area contributed by atoms with Crippen LogP contribution in [0.15, 0.2) is 91.6 Å². The van der Waals surface area contributed by atoms with Gasteiger partial charge in [0.1, 0.15) is 24.4 Å². The van der Waals surface area contributed by atoms with E-state index in [0.29, 0.717) is 11.8 Å². The van der Waals surface area contributed by atoms with Gasteiger partial charge in [0.2, 0.25) is 0 Å². The van der Waals surface area contributed by atoms with Crippen molar-refractivity contribution < 1.29 is 31.3 Å². The number of hydrogen-bond donors (Lipinski definition) is 1. The summed E-state index contributed by atoms with van der Waals surface area (Å²) in [5.41, 5.74) is 5.21. The third-order valence-electron chi connectivity index (χ3n) is 9.51. The Balaban J connectivity index is 0.00000289. The summed E-state index contributed by atoms with van der Waals surface area (Å²) in [7, 11) is 1.68. The molecule has 1 N–H and O–H groups in total. The lowest BCUT2D eigenvalue weighted by Crippen LogP contribution is -3.00. The summed E-state index contributed by atoms with van der Waals surface area (Å²) in [6, 6.07) is 25.0. The molecule has 0 radical (unpaired) electrons. The fourth-order valence-electron chi connectivity index (χ4n) is 7.53. The minimum absolute atomic E-state index is 0. The third-order valence-corrected chi connectivity index (χ3v) is 9.51. The fraction of sp³-hybridized carbons (Fsp3) is 0.294. The average Bonchev–Trinajstić information content (AvgIpc) is 3.00. The van der Waals surface area contributed by atoms with Crippen LogP contribution in [0.3, 0.4) is 0 Å². The molecule has 5 aromatic rings. The summed E-state index contributed by atoms with van der Waals surface area (Å²) in [5.74, 6) is 1.78. The van der Waals surface area contributed by atoms with Gasteiger partial charge in [-0.3, -0.25) is 4.98 Å². The zero-order valence-corrected chi connectivity index (χ0v) is 24.3. The summed E-state index contributed by atoms with van der Waals surface area (Å²) < 4.78 is 6.38. The van der Waals surface area contributed by atoms with Crippen LogP contribution in [0.4, 0.5) is 0 Å². The van der Waals surface area contributed by atoms with Gasteiger partial charge in [0, 0.05) is 46.7 Å². The number of aliphatic hydroxyl groups excluding tert-OH is 1. The van der Waals surface area contributed by atoms with E-state index in [4.69, 9.17) is 9.72 Å². The van der Waals surface area contributed by atoms with Crippen molar-refractivity contribution in [2.24, 2.45) is 11.8 Å². The Hall–Kier alpha value is -3.32. The van der Waals surface area contributed by atoms with Crippen LogP contribution in [-0.2, 0) is 6.54 Å². The Kier molecular flexibility index (Phi) is 7.11. The highest BCUT2D eigenvalue weighted by atomic mass is 79.9. The molecule has 5 heterocycles. The van der Waals surface area contributed by atoms with Gasteiger partial charge in [-0.1, -0.05) is 42.5 Å². The highest BCUT2D eigenvalue weighted by Crippen LogP contribution is 2.49. The largest absolute Gasteiger partial charge is 1.00 e. The van der Waals surface area contributed by atoms with E-state index in [1.807, 2.05) is 30.5 Å². The van der Waals surface area contributed by atoms with E-state index in [-0.39, 0.29) is 23.0 Å². The maximum atomic E-state index is 12.2. The van der Waals surface area contributed by atoms with Crippen LogP contribution in [0.1, 0.15) is 30.1 Å². The molecule has 6 heteroatoms. The standard InChI is InChI=1S/C34H34N3O2.BrH/c1-3-22-20-37(21-29-25-8-4-6-10-31(25)36-32-11-7-5-9-26(29)32)17-15-23(22)18-33(37)34(38)27-14-16-35-30-13-12-24(39-2)19-28(27)30;/h3-14,16,19,22-23,33-34,38H,1,15,17-18,20-21H2,2H3;1H/q+1;/p-1. The van der Waals surface area contributed by atoms with Crippen molar-refractivity contribution >= 4 is 32.7 Å². The molecule has 0 spiro atoms. The van der Waals surface area contributed by atoms with E-state index in [0.717, 1.165) is 70.2 Å². The maximum absolute atomic E-state index is 12.2. The third kappa shape index (κ3) is 4.30.